The lowest BCUT2D eigenvalue weighted by Crippen LogP contribution is -2.29. The van der Waals surface area contributed by atoms with E-state index in [1.165, 1.54) is 11.1 Å². The van der Waals surface area contributed by atoms with E-state index in [1.807, 2.05) is 0 Å². The van der Waals surface area contributed by atoms with Gasteiger partial charge in [-0.3, -0.25) is 0 Å². The van der Waals surface area contributed by atoms with Gasteiger partial charge in [0.15, 0.2) is 0 Å². The summed E-state index contributed by atoms with van der Waals surface area (Å²) < 4.78 is 0. The third-order valence-corrected chi connectivity index (χ3v) is 4.45. The summed E-state index contributed by atoms with van der Waals surface area (Å²) in [5.74, 6) is 0.346. The lowest BCUT2D eigenvalue weighted by atomic mass is 9.86. The van der Waals surface area contributed by atoms with E-state index in [0.29, 0.717) is 5.92 Å². The summed E-state index contributed by atoms with van der Waals surface area (Å²) in [6.45, 7) is 0.976. The number of hydrogen-bond donors (Lipinski definition) is 1. The van der Waals surface area contributed by atoms with Gasteiger partial charge >= 0.3 is 0 Å². The van der Waals surface area contributed by atoms with E-state index in [0.717, 1.165) is 12.2 Å². The Morgan fingerprint density at radius 1 is 0.680 bits per heavy atom. The Hall–Kier alpha value is -2.58. The van der Waals surface area contributed by atoms with Crippen LogP contribution in [0.3, 0.4) is 0 Å². The van der Waals surface area contributed by atoms with Gasteiger partial charge in [0.25, 0.3) is 0 Å². The van der Waals surface area contributed by atoms with Crippen LogP contribution >= 0.6 is 0 Å². The van der Waals surface area contributed by atoms with E-state index in [9.17, 15) is 0 Å². The molecule has 0 unspecified atom stereocenters. The number of rotatable bonds is 7. The van der Waals surface area contributed by atoms with E-state index >= 15 is 0 Å². The summed E-state index contributed by atoms with van der Waals surface area (Å²) >= 11 is 0. The molecule has 3 rings (SSSR count). The van der Waals surface area contributed by atoms with Crippen molar-refractivity contribution in [3.05, 3.63) is 102 Å². The van der Waals surface area contributed by atoms with Gasteiger partial charge in [0, 0.05) is 18.2 Å². The Balaban J connectivity index is 2.00. The third kappa shape index (κ3) is 4.71. The molecule has 0 saturated heterocycles. The van der Waals surface area contributed by atoms with Crippen molar-refractivity contribution < 1.29 is 0 Å². The maximum absolute atomic E-state index is 3.77. The minimum Gasteiger partial charge on any atom is -0.378 e. The van der Waals surface area contributed by atoms with Crippen molar-refractivity contribution >= 4 is 5.69 Å². The molecule has 0 fully saturated rings. The highest BCUT2D eigenvalue weighted by atomic mass is 15.1. The SMILES string of the molecule is CN(C)C[C@H](c1ccccc1)[C@@H](Nc1ccccc1)c1ccccc1. The maximum atomic E-state index is 3.77. The molecule has 3 aromatic carbocycles. The molecule has 25 heavy (non-hydrogen) atoms. The van der Waals surface area contributed by atoms with Crippen LogP contribution in [0.2, 0.25) is 0 Å². The Kier molecular flexibility index (Phi) is 5.86. The maximum Gasteiger partial charge on any atom is 0.0594 e. The quantitative estimate of drug-likeness (QED) is 0.642. The van der Waals surface area contributed by atoms with Gasteiger partial charge in [-0.2, -0.15) is 0 Å². The smallest absolute Gasteiger partial charge is 0.0594 e. The van der Waals surface area contributed by atoms with Crippen molar-refractivity contribution in [3.63, 3.8) is 0 Å². The average molecular weight is 330 g/mol. The number of benzene rings is 3. The predicted octanol–water partition coefficient (Wildman–Crippen LogP) is 5.19. The van der Waals surface area contributed by atoms with Crippen LogP contribution in [-0.2, 0) is 0 Å². The van der Waals surface area contributed by atoms with Crippen LogP contribution in [0.4, 0.5) is 5.69 Å². The molecule has 0 spiro atoms. The number of para-hydroxylation sites is 1. The fourth-order valence-electron chi connectivity index (χ4n) is 3.29. The van der Waals surface area contributed by atoms with Gasteiger partial charge in [-0.25, -0.2) is 0 Å². The second-order valence-electron chi connectivity index (χ2n) is 6.68. The molecular formula is C23H26N2. The van der Waals surface area contributed by atoms with Crippen molar-refractivity contribution in [1.29, 1.82) is 0 Å². The monoisotopic (exact) mass is 330 g/mol. The number of likely N-dealkylation sites (N-methyl/N-ethyl adjacent to an activating group) is 1. The van der Waals surface area contributed by atoms with Gasteiger partial charge in [-0.15, -0.1) is 0 Å². The molecule has 0 aliphatic heterocycles. The molecule has 2 atom stereocenters. The van der Waals surface area contributed by atoms with Crippen LogP contribution in [0.5, 0.6) is 0 Å². The summed E-state index contributed by atoms with van der Waals surface area (Å²) in [7, 11) is 4.28. The molecule has 0 amide bonds. The number of nitrogens with zero attached hydrogens (tertiary/aromatic N) is 1. The van der Waals surface area contributed by atoms with Gasteiger partial charge in [-0.1, -0.05) is 78.9 Å². The molecule has 128 valence electrons. The van der Waals surface area contributed by atoms with Gasteiger partial charge in [-0.05, 0) is 37.4 Å². The fraction of sp³-hybridized carbons (Fsp3) is 0.217. The topological polar surface area (TPSA) is 15.3 Å². The van der Waals surface area contributed by atoms with Gasteiger partial charge in [0.1, 0.15) is 0 Å². The van der Waals surface area contributed by atoms with Crippen LogP contribution in [0, 0.1) is 0 Å². The fourth-order valence-corrected chi connectivity index (χ4v) is 3.29. The Morgan fingerprint density at radius 2 is 1.16 bits per heavy atom. The van der Waals surface area contributed by atoms with Crippen molar-refractivity contribution in [2.24, 2.45) is 0 Å². The van der Waals surface area contributed by atoms with Gasteiger partial charge in [0.2, 0.25) is 0 Å². The Labute approximate surface area is 151 Å². The van der Waals surface area contributed by atoms with Crippen LogP contribution in [0.1, 0.15) is 23.1 Å². The van der Waals surface area contributed by atoms with Crippen LogP contribution in [0.15, 0.2) is 91.0 Å². The first kappa shape index (κ1) is 17.2. The molecule has 0 heterocycles. The molecule has 0 bridgehead atoms. The molecule has 1 N–H and O–H groups in total. The van der Waals surface area contributed by atoms with Gasteiger partial charge in [0.05, 0.1) is 6.04 Å². The first-order valence-corrected chi connectivity index (χ1v) is 8.80. The molecule has 0 saturated carbocycles. The largest absolute Gasteiger partial charge is 0.378 e. The van der Waals surface area contributed by atoms with E-state index in [1.54, 1.807) is 0 Å². The second kappa shape index (κ2) is 8.50. The zero-order valence-electron chi connectivity index (χ0n) is 15.0. The number of anilines is 1. The second-order valence-corrected chi connectivity index (χ2v) is 6.68. The molecule has 2 nitrogen and oxygen atoms in total. The molecule has 2 heteroatoms. The van der Waals surface area contributed by atoms with Crippen molar-refractivity contribution in [2.75, 3.05) is 26.0 Å². The molecular weight excluding hydrogens is 304 g/mol. The summed E-state index contributed by atoms with van der Waals surface area (Å²) in [5.41, 5.74) is 3.81. The highest BCUT2D eigenvalue weighted by Crippen LogP contribution is 2.34. The zero-order chi connectivity index (χ0) is 17.5. The minimum atomic E-state index is 0.202. The zero-order valence-corrected chi connectivity index (χ0v) is 15.0. The minimum absolute atomic E-state index is 0.202. The third-order valence-electron chi connectivity index (χ3n) is 4.45. The van der Waals surface area contributed by atoms with Crippen LogP contribution in [-0.4, -0.2) is 25.5 Å². The summed E-state index contributed by atoms with van der Waals surface area (Å²) in [4.78, 5) is 2.26. The number of nitrogens with one attached hydrogen (secondary N) is 1. The van der Waals surface area contributed by atoms with E-state index in [-0.39, 0.29) is 6.04 Å². The van der Waals surface area contributed by atoms with Crippen molar-refractivity contribution in [3.8, 4) is 0 Å². The summed E-state index contributed by atoms with van der Waals surface area (Å²) in [6.07, 6.45) is 0. The van der Waals surface area contributed by atoms with Crippen LogP contribution in [0.25, 0.3) is 0 Å². The summed E-state index contributed by atoms with van der Waals surface area (Å²) in [6, 6.07) is 32.2. The predicted molar refractivity (Wildman–Crippen MR) is 107 cm³/mol. The van der Waals surface area contributed by atoms with E-state index in [2.05, 4.69) is 115 Å². The Morgan fingerprint density at radius 3 is 1.68 bits per heavy atom. The van der Waals surface area contributed by atoms with Crippen LogP contribution < -0.4 is 5.32 Å². The molecule has 0 aliphatic carbocycles. The normalized spacial score (nSPS) is 13.4. The van der Waals surface area contributed by atoms with Crippen molar-refractivity contribution in [2.45, 2.75) is 12.0 Å². The highest BCUT2D eigenvalue weighted by Gasteiger charge is 2.25. The van der Waals surface area contributed by atoms with Crippen molar-refractivity contribution in [1.82, 2.24) is 4.90 Å². The average Bonchev–Trinajstić information content (AvgIpc) is 2.66. The lowest BCUT2D eigenvalue weighted by molar-refractivity contribution is 0.354. The van der Waals surface area contributed by atoms with Gasteiger partial charge < -0.3 is 10.2 Å². The molecule has 0 radical (unpaired) electrons. The van der Waals surface area contributed by atoms with E-state index in [4.69, 9.17) is 0 Å². The first-order valence-electron chi connectivity index (χ1n) is 8.80. The molecule has 0 aromatic heterocycles. The van der Waals surface area contributed by atoms with E-state index < -0.39 is 0 Å². The highest BCUT2D eigenvalue weighted by molar-refractivity contribution is 5.47. The summed E-state index contributed by atoms with van der Waals surface area (Å²) in [5, 5.41) is 3.77. The standard InChI is InChI=1S/C23H26N2/c1-25(2)18-22(19-12-6-3-7-13-19)23(20-14-8-4-9-15-20)24-21-16-10-5-11-17-21/h3-17,22-24H,18H2,1-2H3/t22-,23+/m1/s1. The number of hydrogen-bond acceptors (Lipinski definition) is 2. The first-order chi connectivity index (χ1) is 12.2. The lowest BCUT2D eigenvalue weighted by Gasteiger charge is -2.32. The molecule has 0 aliphatic rings. The Bertz CT molecular complexity index is 739. The molecule has 3 aromatic rings.